The van der Waals surface area contributed by atoms with E-state index in [4.69, 9.17) is 0 Å². The lowest BCUT2D eigenvalue weighted by Crippen LogP contribution is -2.27. The summed E-state index contributed by atoms with van der Waals surface area (Å²) in [6.07, 6.45) is 3.17. The maximum atomic E-state index is 13.4. The van der Waals surface area contributed by atoms with Crippen molar-refractivity contribution in [3.05, 3.63) is 53.4 Å². The van der Waals surface area contributed by atoms with Gasteiger partial charge >= 0.3 is 0 Å². The Balaban J connectivity index is 2.15. The fourth-order valence-corrected chi connectivity index (χ4v) is 1.53. The van der Waals surface area contributed by atoms with E-state index in [1.54, 1.807) is 19.3 Å². The van der Waals surface area contributed by atoms with Crippen molar-refractivity contribution < 1.29 is 13.6 Å². The zero-order valence-corrected chi connectivity index (χ0v) is 9.58. The van der Waals surface area contributed by atoms with E-state index in [-0.39, 0.29) is 11.6 Å². The highest BCUT2D eigenvalue weighted by atomic mass is 19.1. The Bertz CT molecular complexity index is 554. The second kappa shape index (κ2) is 4.95. The van der Waals surface area contributed by atoms with Crippen LogP contribution >= 0.6 is 0 Å². The zero-order chi connectivity index (χ0) is 13.1. The van der Waals surface area contributed by atoms with Gasteiger partial charge < -0.3 is 5.32 Å². The van der Waals surface area contributed by atoms with Crippen molar-refractivity contribution in [3.8, 4) is 0 Å². The molecule has 0 radical (unpaired) electrons. The summed E-state index contributed by atoms with van der Waals surface area (Å²) in [4.78, 5) is 11.8. The summed E-state index contributed by atoms with van der Waals surface area (Å²) in [5.74, 6) is -2.08. The van der Waals surface area contributed by atoms with Gasteiger partial charge in [0.2, 0.25) is 0 Å². The standard InChI is InChI=1S/C12H11F2N3O/c1-7(8-5-15-16-6-8)17-12(18)10-4-9(13)2-3-11(10)14/h2-7H,1H3,(H,15,16)(H,17,18). The molecule has 6 heteroatoms. The normalized spacial score (nSPS) is 12.2. The molecule has 0 fully saturated rings. The number of nitrogens with one attached hydrogen (secondary N) is 2. The molecule has 0 aliphatic carbocycles. The zero-order valence-electron chi connectivity index (χ0n) is 9.58. The summed E-state index contributed by atoms with van der Waals surface area (Å²) >= 11 is 0. The predicted octanol–water partition coefficient (Wildman–Crippen LogP) is 2.18. The summed E-state index contributed by atoms with van der Waals surface area (Å²) < 4.78 is 26.3. The van der Waals surface area contributed by atoms with Gasteiger partial charge in [-0.2, -0.15) is 5.10 Å². The lowest BCUT2D eigenvalue weighted by molar-refractivity contribution is 0.0935. The Kier molecular flexibility index (Phi) is 3.36. The van der Waals surface area contributed by atoms with Crippen LogP contribution in [0.4, 0.5) is 8.78 Å². The number of hydrogen-bond acceptors (Lipinski definition) is 2. The number of nitrogens with zero attached hydrogens (tertiary/aromatic N) is 1. The first-order chi connectivity index (χ1) is 8.58. The number of rotatable bonds is 3. The van der Waals surface area contributed by atoms with Crippen LogP contribution in [0.5, 0.6) is 0 Å². The number of hydrogen-bond donors (Lipinski definition) is 2. The summed E-state index contributed by atoms with van der Waals surface area (Å²) in [7, 11) is 0. The molecule has 1 unspecified atom stereocenters. The first-order valence-electron chi connectivity index (χ1n) is 5.32. The number of amides is 1. The second-order valence-electron chi connectivity index (χ2n) is 3.85. The maximum absolute atomic E-state index is 13.4. The largest absolute Gasteiger partial charge is 0.345 e. The Morgan fingerprint density at radius 3 is 2.89 bits per heavy atom. The molecule has 2 N–H and O–H groups in total. The van der Waals surface area contributed by atoms with Gasteiger partial charge in [0.05, 0.1) is 17.8 Å². The number of carbonyl (C=O) groups excluding carboxylic acids is 1. The molecule has 2 aromatic rings. The molecule has 1 amide bonds. The summed E-state index contributed by atoms with van der Waals surface area (Å²) in [6, 6.07) is 2.41. The quantitative estimate of drug-likeness (QED) is 0.878. The van der Waals surface area contributed by atoms with Gasteiger partial charge in [-0.25, -0.2) is 8.78 Å². The number of carbonyl (C=O) groups is 1. The van der Waals surface area contributed by atoms with Gasteiger partial charge in [-0.15, -0.1) is 0 Å². The Labute approximate surface area is 102 Å². The van der Waals surface area contributed by atoms with Crippen LogP contribution in [0, 0.1) is 11.6 Å². The van der Waals surface area contributed by atoms with Crippen molar-refractivity contribution in [2.45, 2.75) is 13.0 Å². The third kappa shape index (κ3) is 2.53. The first-order valence-corrected chi connectivity index (χ1v) is 5.32. The second-order valence-corrected chi connectivity index (χ2v) is 3.85. The number of aromatic amines is 1. The Hall–Kier alpha value is -2.24. The predicted molar refractivity (Wildman–Crippen MR) is 60.8 cm³/mol. The van der Waals surface area contributed by atoms with Crippen LogP contribution in [-0.2, 0) is 0 Å². The van der Waals surface area contributed by atoms with Crippen molar-refractivity contribution in [2.24, 2.45) is 0 Å². The van der Waals surface area contributed by atoms with Crippen LogP contribution in [0.25, 0.3) is 0 Å². The van der Waals surface area contributed by atoms with E-state index in [9.17, 15) is 13.6 Å². The average Bonchev–Trinajstić information content (AvgIpc) is 2.85. The number of H-pyrrole nitrogens is 1. The molecule has 4 nitrogen and oxygen atoms in total. The van der Waals surface area contributed by atoms with E-state index in [1.807, 2.05) is 0 Å². The molecule has 94 valence electrons. The van der Waals surface area contributed by atoms with Gasteiger partial charge in [0.1, 0.15) is 11.6 Å². The van der Waals surface area contributed by atoms with Crippen LogP contribution in [0.3, 0.4) is 0 Å². The van der Waals surface area contributed by atoms with Crippen LogP contribution < -0.4 is 5.32 Å². The molecule has 0 saturated heterocycles. The number of halogens is 2. The molecule has 0 aliphatic heterocycles. The molecular weight excluding hydrogens is 240 g/mol. The SMILES string of the molecule is CC(NC(=O)c1cc(F)ccc1F)c1cn[nH]c1. The molecule has 1 aromatic carbocycles. The third-order valence-electron chi connectivity index (χ3n) is 2.54. The van der Waals surface area contributed by atoms with Crippen molar-refractivity contribution in [2.75, 3.05) is 0 Å². The first kappa shape index (κ1) is 12.2. The highest BCUT2D eigenvalue weighted by molar-refractivity contribution is 5.94. The maximum Gasteiger partial charge on any atom is 0.254 e. The highest BCUT2D eigenvalue weighted by Gasteiger charge is 2.16. The molecule has 1 atom stereocenters. The molecule has 0 aliphatic rings. The molecule has 1 aromatic heterocycles. The molecule has 18 heavy (non-hydrogen) atoms. The van der Waals surface area contributed by atoms with E-state index in [1.165, 1.54) is 0 Å². The van der Waals surface area contributed by atoms with Crippen molar-refractivity contribution >= 4 is 5.91 Å². The molecule has 1 heterocycles. The average molecular weight is 251 g/mol. The van der Waals surface area contributed by atoms with Crippen LogP contribution in [0.2, 0.25) is 0 Å². The fourth-order valence-electron chi connectivity index (χ4n) is 1.53. The topological polar surface area (TPSA) is 57.8 Å². The minimum absolute atomic E-state index is 0.314. The van der Waals surface area contributed by atoms with Crippen molar-refractivity contribution in [1.82, 2.24) is 15.5 Å². The molecule has 2 rings (SSSR count). The smallest absolute Gasteiger partial charge is 0.254 e. The summed E-state index contributed by atoms with van der Waals surface area (Å²) in [6.45, 7) is 1.72. The van der Waals surface area contributed by atoms with Crippen molar-refractivity contribution in [1.29, 1.82) is 0 Å². The Morgan fingerprint density at radius 2 is 2.22 bits per heavy atom. The molecular formula is C12H11F2N3O. The fraction of sp³-hybridized carbons (Fsp3) is 0.167. The van der Waals surface area contributed by atoms with Gasteiger partial charge in [-0.3, -0.25) is 9.89 Å². The lowest BCUT2D eigenvalue weighted by Gasteiger charge is -2.12. The summed E-state index contributed by atoms with van der Waals surface area (Å²) in [5, 5.41) is 8.91. The van der Waals surface area contributed by atoms with E-state index >= 15 is 0 Å². The van der Waals surface area contributed by atoms with Gasteiger partial charge in [0.25, 0.3) is 5.91 Å². The summed E-state index contributed by atoms with van der Waals surface area (Å²) in [5.41, 5.74) is 0.436. The van der Waals surface area contributed by atoms with Crippen LogP contribution in [-0.4, -0.2) is 16.1 Å². The van der Waals surface area contributed by atoms with E-state index < -0.39 is 17.5 Å². The minimum atomic E-state index is -0.756. The third-order valence-corrected chi connectivity index (χ3v) is 2.54. The van der Waals surface area contributed by atoms with Gasteiger partial charge in [-0.05, 0) is 25.1 Å². The minimum Gasteiger partial charge on any atom is -0.345 e. The highest BCUT2D eigenvalue weighted by Crippen LogP contribution is 2.13. The number of benzene rings is 1. The van der Waals surface area contributed by atoms with Crippen LogP contribution in [0.15, 0.2) is 30.6 Å². The van der Waals surface area contributed by atoms with Gasteiger partial charge in [0.15, 0.2) is 0 Å². The van der Waals surface area contributed by atoms with Gasteiger partial charge in [-0.1, -0.05) is 0 Å². The number of aromatic nitrogens is 2. The van der Waals surface area contributed by atoms with E-state index in [0.29, 0.717) is 0 Å². The molecule has 0 bridgehead atoms. The van der Waals surface area contributed by atoms with E-state index in [0.717, 1.165) is 23.8 Å². The van der Waals surface area contributed by atoms with E-state index in [2.05, 4.69) is 15.5 Å². The van der Waals surface area contributed by atoms with Crippen molar-refractivity contribution in [3.63, 3.8) is 0 Å². The Morgan fingerprint density at radius 1 is 1.44 bits per heavy atom. The van der Waals surface area contributed by atoms with Crippen LogP contribution in [0.1, 0.15) is 28.9 Å². The molecule has 0 spiro atoms. The lowest BCUT2D eigenvalue weighted by atomic mass is 10.1. The van der Waals surface area contributed by atoms with Gasteiger partial charge in [0, 0.05) is 11.8 Å². The monoisotopic (exact) mass is 251 g/mol. The molecule has 0 saturated carbocycles.